The number of fused-ring (bicyclic) bond motifs is 1. The number of phenolic OH excluding ortho intramolecular Hbond substituents is 1. The van der Waals surface area contributed by atoms with Crippen molar-refractivity contribution < 1.29 is 53.7 Å². The van der Waals surface area contributed by atoms with E-state index in [0.717, 1.165) is 0 Å². The van der Waals surface area contributed by atoms with Gasteiger partial charge in [-0.1, -0.05) is 12.1 Å². The summed E-state index contributed by atoms with van der Waals surface area (Å²) in [7, 11) is 1.48. The minimum Gasteiger partial charge on any atom is -0.508 e. The number of rotatable bonds is 6. The minimum atomic E-state index is -1.59. The maximum absolute atomic E-state index is 13.2. The number of ether oxygens (including phenoxy) is 5. The van der Waals surface area contributed by atoms with Gasteiger partial charge in [0.15, 0.2) is 12.1 Å². The highest BCUT2D eigenvalue weighted by Crippen LogP contribution is 2.39. The van der Waals surface area contributed by atoms with Gasteiger partial charge in [-0.2, -0.15) is 0 Å². The summed E-state index contributed by atoms with van der Waals surface area (Å²) in [6.45, 7) is 0.870. The molecular formula is C24H30O11. The van der Waals surface area contributed by atoms with Crippen molar-refractivity contribution in [2.45, 2.75) is 68.8 Å². The number of aromatic hydroxyl groups is 1. The van der Waals surface area contributed by atoms with Crippen molar-refractivity contribution in [3.05, 3.63) is 36.1 Å². The van der Waals surface area contributed by atoms with Crippen LogP contribution in [0.5, 0.6) is 5.75 Å². The smallest absolute Gasteiger partial charge is 0.302 e. The molecule has 9 atom stereocenters. The molecule has 0 radical (unpaired) electrons. The van der Waals surface area contributed by atoms with Crippen LogP contribution in [0, 0.1) is 5.92 Å². The summed E-state index contributed by atoms with van der Waals surface area (Å²) in [4.78, 5) is 24.4. The van der Waals surface area contributed by atoms with Gasteiger partial charge in [-0.05, 0) is 24.1 Å². The predicted molar refractivity (Wildman–Crippen MR) is 118 cm³/mol. The lowest BCUT2D eigenvalue weighted by Crippen LogP contribution is -2.61. The van der Waals surface area contributed by atoms with E-state index >= 15 is 0 Å². The summed E-state index contributed by atoms with van der Waals surface area (Å²) in [5.41, 5.74) is 1.03. The van der Waals surface area contributed by atoms with Crippen LogP contribution in [0.15, 0.2) is 30.5 Å². The maximum atomic E-state index is 13.2. The van der Waals surface area contributed by atoms with Crippen molar-refractivity contribution in [1.29, 1.82) is 0 Å². The largest absolute Gasteiger partial charge is 0.508 e. The standard InChI is InChI=1S/C24H30O11/c1-11(25)32-10-19-21(28)22(29)23(30)24(35-19)34-18-8-16-14(7-17(18)31-2)20(27)15(9-33-16)12-3-5-13(26)6-4-12/h3-6,9,14,16-19,21-24,26,28-30H,7-8,10H2,1-2H3. The molecule has 4 N–H and O–H groups in total. The number of aliphatic hydroxyl groups excluding tert-OH is 3. The number of esters is 1. The van der Waals surface area contributed by atoms with Crippen LogP contribution in [0.2, 0.25) is 0 Å². The fraction of sp³-hybridized carbons (Fsp3) is 0.583. The lowest BCUT2D eigenvalue weighted by Gasteiger charge is -2.45. The molecule has 192 valence electrons. The number of ketones is 1. The van der Waals surface area contributed by atoms with E-state index in [0.29, 0.717) is 11.1 Å². The van der Waals surface area contributed by atoms with Crippen LogP contribution in [-0.2, 0) is 33.3 Å². The van der Waals surface area contributed by atoms with E-state index in [4.69, 9.17) is 23.7 Å². The van der Waals surface area contributed by atoms with Crippen molar-refractivity contribution in [3.8, 4) is 5.75 Å². The van der Waals surface area contributed by atoms with E-state index < -0.39 is 60.9 Å². The lowest BCUT2D eigenvalue weighted by molar-refractivity contribution is -0.322. The average molecular weight is 494 g/mol. The third-order valence-electron chi connectivity index (χ3n) is 6.69. The number of hydrogen-bond donors (Lipinski definition) is 4. The maximum Gasteiger partial charge on any atom is 0.302 e. The molecule has 0 aromatic heterocycles. The molecule has 11 heteroatoms. The molecular weight excluding hydrogens is 464 g/mol. The SMILES string of the molecule is COC1CC2C(=O)C(c3ccc(O)cc3)=COC2CC1OC1OC(COC(C)=O)C(O)C(O)C1O. The number of aliphatic hydroxyl groups is 3. The molecule has 1 aromatic carbocycles. The molecule has 1 aromatic rings. The number of hydrogen-bond acceptors (Lipinski definition) is 11. The van der Waals surface area contributed by atoms with Gasteiger partial charge < -0.3 is 44.1 Å². The Hall–Kier alpha value is -2.54. The molecule has 3 aliphatic rings. The summed E-state index contributed by atoms with van der Waals surface area (Å²) < 4.78 is 27.9. The zero-order chi connectivity index (χ0) is 25.3. The number of methoxy groups -OCH3 is 1. The Balaban J connectivity index is 1.46. The minimum absolute atomic E-state index is 0.0911. The van der Waals surface area contributed by atoms with Gasteiger partial charge >= 0.3 is 5.97 Å². The zero-order valence-electron chi connectivity index (χ0n) is 19.4. The van der Waals surface area contributed by atoms with Crippen molar-refractivity contribution >= 4 is 17.3 Å². The van der Waals surface area contributed by atoms with Gasteiger partial charge in [-0.25, -0.2) is 0 Å². The summed E-state index contributed by atoms with van der Waals surface area (Å²) in [5, 5.41) is 40.4. The first kappa shape index (κ1) is 25.5. The van der Waals surface area contributed by atoms with E-state index in [-0.39, 0.29) is 31.0 Å². The van der Waals surface area contributed by atoms with Gasteiger partial charge in [-0.15, -0.1) is 0 Å². The number of carbonyl (C=O) groups excluding carboxylic acids is 2. The summed E-state index contributed by atoms with van der Waals surface area (Å²) in [6, 6.07) is 6.26. The second kappa shape index (κ2) is 10.6. The normalized spacial score (nSPS) is 37.1. The fourth-order valence-corrected chi connectivity index (χ4v) is 4.72. The highest BCUT2D eigenvalue weighted by Gasteiger charge is 2.49. The number of benzene rings is 1. The molecule has 1 saturated carbocycles. The first-order valence-electron chi connectivity index (χ1n) is 11.4. The highest BCUT2D eigenvalue weighted by atomic mass is 16.7. The predicted octanol–water partition coefficient (Wildman–Crippen LogP) is -0.118. The molecule has 35 heavy (non-hydrogen) atoms. The van der Waals surface area contributed by atoms with E-state index in [1.807, 2.05) is 0 Å². The van der Waals surface area contributed by atoms with Gasteiger partial charge in [-0.3, -0.25) is 9.59 Å². The van der Waals surface area contributed by atoms with Crippen LogP contribution in [-0.4, -0.2) is 94.9 Å². The highest BCUT2D eigenvalue weighted by molar-refractivity contribution is 6.22. The first-order chi connectivity index (χ1) is 16.7. The molecule has 2 heterocycles. The molecule has 0 spiro atoms. The monoisotopic (exact) mass is 494 g/mol. The second-order valence-corrected chi connectivity index (χ2v) is 8.96. The third kappa shape index (κ3) is 5.35. The van der Waals surface area contributed by atoms with Gasteiger partial charge in [0, 0.05) is 20.5 Å². The number of phenols is 1. The first-order valence-corrected chi connectivity index (χ1v) is 11.4. The summed E-state index contributed by atoms with van der Waals surface area (Å²) in [5.74, 6) is -1.10. The molecule has 1 saturated heterocycles. The second-order valence-electron chi connectivity index (χ2n) is 8.96. The Bertz CT molecular complexity index is 945. The van der Waals surface area contributed by atoms with Crippen LogP contribution in [0.25, 0.3) is 5.57 Å². The van der Waals surface area contributed by atoms with Crippen molar-refractivity contribution in [2.24, 2.45) is 5.92 Å². The van der Waals surface area contributed by atoms with Crippen LogP contribution >= 0.6 is 0 Å². The Labute approximate surface area is 201 Å². The van der Waals surface area contributed by atoms with Gasteiger partial charge in [0.05, 0.1) is 30.0 Å². The van der Waals surface area contributed by atoms with Crippen molar-refractivity contribution in [1.82, 2.24) is 0 Å². The van der Waals surface area contributed by atoms with Crippen LogP contribution in [0.1, 0.15) is 25.3 Å². The van der Waals surface area contributed by atoms with Crippen LogP contribution in [0.3, 0.4) is 0 Å². The number of carbonyl (C=O) groups is 2. The number of Topliss-reactive ketones (excluding diaryl/α,β-unsaturated/α-hetero) is 1. The Morgan fingerprint density at radius 1 is 1.06 bits per heavy atom. The van der Waals surface area contributed by atoms with Gasteiger partial charge in [0.2, 0.25) is 0 Å². The molecule has 1 aliphatic carbocycles. The van der Waals surface area contributed by atoms with Crippen molar-refractivity contribution in [3.63, 3.8) is 0 Å². The van der Waals surface area contributed by atoms with Crippen LogP contribution < -0.4 is 0 Å². The third-order valence-corrected chi connectivity index (χ3v) is 6.69. The van der Waals surface area contributed by atoms with Crippen molar-refractivity contribution in [2.75, 3.05) is 13.7 Å². The lowest BCUT2D eigenvalue weighted by atomic mass is 9.76. The quantitative estimate of drug-likeness (QED) is 0.390. The van der Waals surface area contributed by atoms with Gasteiger partial charge in [0.25, 0.3) is 0 Å². The number of allylic oxidation sites excluding steroid dienone is 1. The van der Waals surface area contributed by atoms with E-state index in [9.17, 15) is 30.0 Å². The molecule has 11 nitrogen and oxygen atoms in total. The Morgan fingerprint density at radius 3 is 2.43 bits per heavy atom. The average Bonchev–Trinajstić information content (AvgIpc) is 2.84. The molecule has 2 aliphatic heterocycles. The molecule has 9 unspecified atom stereocenters. The Morgan fingerprint density at radius 2 is 1.77 bits per heavy atom. The molecule has 0 amide bonds. The molecule has 2 fully saturated rings. The van der Waals surface area contributed by atoms with E-state index in [1.165, 1.54) is 32.4 Å². The van der Waals surface area contributed by atoms with E-state index in [1.54, 1.807) is 12.1 Å². The molecule has 4 rings (SSSR count). The Kier molecular flexibility index (Phi) is 7.74. The van der Waals surface area contributed by atoms with Crippen LogP contribution in [0.4, 0.5) is 0 Å². The zero-order valence-corrected chi connectivity index (χ0v) is 19.4. The fourth-order valence-electron chi connectivity index (χ4n) is 4.72. The summed E-state index contributed by atoms with van der Waals surface area (Å²) in [6.07, 6.45) is -6.87. The summed E-state index contributed by atoms with van der Waals surface area (Å²) >= 11 is 0. The van der Waals surface area contributed by atoms with E-state index in [2.05, 4.69) is 0 Å². The topological polar surface area (TPSA) is 161 Å². The van der Waals surface area contributed by atoms with Gasteiger partial charge in [0.1, 0.15) is 42.9 Å². The molecule has 0 bridgehead atoms.